The first-order chi connectivity index (χ1) is 11.3. The first-order valence-electron chi connectivity index (χ1n) is 9.33. The number of rotatable bonds is 3. The molecule has 0 radical (unpaired) electrons. The summed E-state index contributed by atoms with van der Waals surface area (Å²) in [7, 11) is 0. The normalized spacial score (nSPS) is 33.7. The second-order valence-electron chi connectivity index (χ2n) is 7.81. The topological polar surface area (TPSA) is 32.3 Å². The van der Waals surface area contributed by atoms with Crippen molar-refractivity contribution in [1.82, 2.24) is 10.2 Å². The number of nitrogens with zero attached hydrogens (tertiary/aromatic N) is 1. The Morgan fingerprint density at radius 1 is 1.00 bits per heavy atom. The number of hydrogen-bond acceptors (Lipinski definition) is 2. The summed E-state index contributed by atoms with van der Waals surface area (Å²) in [6, 6.07) is 10.9. The minimum atomic E-state index is 0.419. The third-order valence-electron chi connectivity index (χ3n) is 6.32. The number of benzene rings is 1. The maximum absolute atomic E-state index is 12.6. The summed E-state index contributed by atoms with van der Waals surface area (Å²) in [6.07, 6.45) is 5.71. The Kier molecular flexibility index (Phi) is 4.39. The minimum Gasteiger partial charge on any atom is -0.342 e. The van der Waals surface area contributed by atoms with Gasteiger partial charge in [0.25, 0.3) is 0 Å². The van der Waals surface area contributed by atoms with E-state index in [-0.39, 0.29) is 0 Å². The molecule has 2 aliphatic heterocycles. The van der Waals surface area contributed by atoms with Crippen molar-refractivity contribution in [2.24, 2.45) is 17.8 Å². The van der Waals surface area contributed by atoms with Crippen molar-refractivity contribution in [2.75, 3.05) is 26.2 Å². The second kappa shape index (κ2) is 6.64. The molecule has 0 bridgehead atoms. The highest BCUT2D eigenvalue weighted by Crippen LogP contribution is 2.37. The summed E-state index contributed by atoms with van der Waals surface area (Å²) in [5.74, 6) is 3.17. The first-order valence-corrected chi connectivity index (χ1v) is 9.33. The van der Waals surface area contributed by atoms with Gasteiger partial charge in [-0.25, -0.2) is 0 Å². The van der Waals surface area contributed by atoms with Crippen LogP contribution in [0.4, 0.5) is 0 Å². The van der Waals surface area contributed by atoms with Crippen molar-refractivity contribution in [3.63, 3.8) is 0 Å². The number of nitrogens with one attached hydrogen (secondary N) is 1. The molecule has 1 aromatic rings. The van der Waals surface area contributed by atoms with Crippen LogP contribution in [0.25, 0.3) is 0 Å². The summed E-state index contributed by atoms with van der Waals surface area (Å²) < 4.78 is 0. The lowest BCUT2D eigenvalue weighted by molar-refractivity contribution is -0.131. The van der Waals surface area contributed by atoms with Gasteiger partial charge in [0.1, 0.15) is 0 Å². The fourth-order valence-corrected chi connectivity index (χ4v) is 4.86. The van der Waals surface area contributed by atoms with Crippen LogP contribution in [0.5, 0.6) is 0 Å². The Balaban J connectivity index is 1.26. The largest absolute Gasteiger partial charge is 0.342 e. The number of likely N-dealkylation sites (tertiary alicyclic amines) is 1. The predicted octanol–water partition coefficient (Wildman–Crippen LogP) is 3.03. The van der Waals surface area contributed by atoms with E-state index in [2.05, 4.69) is 40.5 Å². The van der Waals surface area contributed by atoms with Crippen molar-refractivity contribution in [1.29, 1.82) is 0 Å². The van der Waals surface area contributed by atoms with Gasteiger partial charge in [0.05, 0.1) is 0 Å². The Hall–Kier alpha value is -1.35. The molecule has 0 unspecified atom stereocenters. The van der Waals surface area contributed by atoms with Crippen molar-refractivity contribution in [2.45, 2.75) is 38.0 Å². The molecule has 3 heteroatoms. The van der Waals surface area contributed by atoms with E-state index in [9.17, 15) is 4.79 Å². The molecule has 3 fully saturated rings. The van der Waals surface area contributed by atoms with Gasteiger partial charge in [0.15, 0.2) is 0 Å². The molecular formula is C20H28N2O. The van der Waals surface area contributed by atoms with E-state index < -0.39 is 0 Å². The molecule has 2 heterocycles. The average molecular weight is 312 g/mol. The fraction of sp³-hybridized carbons (Fsp3) is 0.650. The Labute approximate surface area is 139 Å². The zero-order valence-corrected chi connectivity index (χ0v) is 13.9. The van der Waals surface area contributed by atoms with Crippen LogP contribution in [0.2, 0.25) is 0 Å². The van der Waals surface area contributed by atoms with E-state index in [1.54, 1.807) is 0 Å². The van der Waals surface area contributed by atoms with Crippen LogP contribution in [0.3, 0.4) is 0 Å². The summed E-state index contributed by atoms with van der Waals surface area (Å²) in [6.45, 7) is 4.21. The third-order valence-corrected chi connectivity index (χ3v) is 6.32. The Morgan fingerprint density at radius 2 is 1.65 bits per heavy atom. The van der Waals surface area contributed by atoms with Gasteiger partial charge in [-0.3, -0.25) is 4.79 Å². The van der Waals surface area contributed by atoms with Crippen molar-refractivity contribution < 1.29 is 4.79 Å². The zero-order chi connectivity index (χ0) is 15.6. The maximum Gasteiger partial charge on any atom is 0.222 e. The van der Waals surface area contributed by atoms with Gasteiger partial charge in [-0.15, -0.1) is 0 Å². The Morgan fingerprint density at radius 3 is 2.30 bits per heavy atom. The van der Waals surface area contributed by atoms with Crippen molar-refractivity contribution in [3.05, 3.63) is 35.9 Å². The summed E-state index contributed by atoms with van der Waals surface area (Å²) >= 11 is 0. The van der Waals surface area contributed by atoms with Crippen LogP contribution < -0.4 is 5.32 Å². The highest BCUT2D eigenvalue weighted by Gasteiger charge is 2.38. The van der Waals surface area contributed by atoms with E-state index in [1.807, 2.05) is 0 Å². The van der Waals surface area contributed by atoms with E-state index in [4.69, 9.17) is 0 Å². The lowest BCUT2D eigenvalue weighted by Gasteiger charge is -2.29. The highest BCUT2D eigenvalue weighted by molar-refractivity contribution is 5.76. The molecule has 1 aromatic carbocycles. The Bertz CT molecular complexity index is 524. The van der Waals surface area contributed by atoms with Gasteiger partial charge in [-0.2, -0.15) is 0 Å². The summed E-state index contributed by atoms with van der Waals surface area (Å²) in [5, 5.41) is 3.45. The van der Waals surface area contributed by atoms with Crippen LogP contribution in [-0.2, 0) is 4.79 Å². The fourth-order valence-electron chi connectivity index (χ4n) is 4.86. The minimum absolute atomic E-state index is 0.419. The number of carbonyl (C=O) groups excluding carboxylic acids is 1. The molecule has 0 aromatic heterocycles. The number of carbonyl (C=O) groups is 1. The molecule has 0 spiro atoms. The molecule has 124 valence electrons. The lowest BCUT2D eigenvalue weighted by Crippen LogP contribution is -2.33. The SMILES string of the molecule is O=C(CC1CCC(c2ccccc2)CC1)N1C[C@H]2CNC[C@H]2C1. The molecule has 1 amide bonds. The molecule has 1 aliphatic carbocycles. The molecule has 3 aliphatic rings. The van der Waals surface area contributed by atoms with Crippen molar-refractivity contribution >= 4 is 5.91 Å². The van der Waals surface area contributed by atoms with Crippen molar-refractivity contribution in [3.8, 4) is 0 Å². The monoisotopic (exact) mass is 312 g/mol. The highest BCUT2D eigenvalue weighted by atomic mass is 16.2. The van der Waals surface area contributed by atoms with Gasteiger partial charge in [0.2, 0.25) is 5.91 Å². The number of amides is 1. The van der Waals surface area contributed by atoms with Gasteiger partial charge in [0, 0.05) is 32.6 Å². The van der Waals surface area contributed by atoms with E-state index in [1.165, 1.54) is 31.2 Å². The van der Waals surface area contributed by atoms with Crippen LogP contribution in [0.15, 0.2) is 30.3 Å². The van der Waals surface area contributed by atoms with Gasteiger partial charge in [-0.1, -0.05) is 30.3 Å². The maximum atomic E-state index is 12.6. The second-order valence-corrected chi connectivity index (χ2v) is 7.81. The zero-order valence-electron chi connectivity index (χ0n) is 13.9. The summed E-state index contributed by atoms with van der Waals surface area (Å²) in [5.41, 5.74) is 1.48. The molecule has 3 nitrogen and oxygen atoms in total. The van der Waals surface area contributed by atoms with E-state index in [0.717, 1.165) is 32.6 Å². The third kappa shape index (κ3) is 3.30. The molecule has 1 N–H and O–H groups in total. The number of hydrogen-bond donors (Lipinski definition) is 1. The van der Waals surface area contributed by atoms with Crippen LogP contribution >= 0.6 is 0 Å². The molecule has 23 heavy (non-hydrogen) atoms. The predicted molar refractivity (Wildman–Crippen MR) is 92.2 cm³/mol. The van der Waals surface area contributed by atoms with Gasteiger partial charge >= 0.3 is 0 Å². The van der Waals surface area contributed by atoms with Gasteiger partial charge < -0.3 is 10.2 Å². The molecule has 2 atom stereocenters. The summed E-state index contributed by atoms with van der Waals surface area (Å²) in [4.78, 5) is 14.8. The number of fused-ring (bicyclic) bond motifs is 1. The van der Waals surface area contributed by atoms with Gasteiger partial charge in [-0.05, 0) is 54.9 Å². The molecule has 2 saturated heterocycles. The standard InChI is InChI=1S/C20H28N2O/c23-20(22-13-18-11-21-12-19(18)14-22)10-15-6-8-17(9-7-15)16-4-2-1-3-5-16/h1-5,15,17-19,21H,6-14H2/t15?,17?,18-,19+. The van der Waals surface area contributed by atoms with Crippen LogP contribution in [-0.4, -0.2) is 37.0 Å². The molecule has 4 rings (SSSR count). The molecular weight excluding hydrogens is 284 g/mol. The van der Waals surface area contributed by atoms with Crippen LogP contribution in [0.1, 0.15) is 43.6 Å². The lowest BCUT2D eigenvalue weighted by atomic mass is 9.77. The quantitative estimate of drug-likeness (QED) is 0.930. The average Bonchev–Trinajstić information content (AvgIpc) is 3.18. The van der Waals surface area contributed by atoms with Crippen LogP contribution in [0, 0.1) is 17.8 Å². The van der Waals surface area contributed by atoms with E-state index in [0.29, 0.717) is 29.6 Å². The smallest absolute Gasteiger partial charge is 0.222 e. The molecule has 1 saturated carbocycles. The van der Waals surface area contributed by atoms with E-state index >= 15 is 0 Å². The first kappa shape index (κ1) is 15.2.